The molecule has 3 aromatic rings. The summed E-state index contributed by atoms with van der Waals surface area (Å²) in [6.45, 7) is 6.91. The average Bonchev–Trinajstić information content (AvgIpc) is 3.14. The zero-order valence-electron chi connectivity index (χ0n) is 16.9. The largest absolute Gasteiger partial charge is 0.494 e. The van der Waals surface area contributed by atoms with E-state index in [-0.39, 0.29) is 0 Å². The van der Waals surface area contributed by atoms with E-state index >= 15 is 0 Å². The predicted molar refractivity (Wildman–Crippen MR) is 114 cm³/mol. The van der Waals surface area contributed by atoms with E-state index in [2.05, 4.69) is 58.2 Å². The van der Waals surface area contributed by atoms with Gasteiger partial charge in [0.2, 0.25) is 5.95 Å². The molecule has 0 bridgehead atoms. The zero-order valence-corrected chi connectivity index (χ0v) is 16.9. The molecule has 3 rings (SSSR count). The van der Waals surface area contributed by atoms with Gasteiger partial charge in [0.25, 0.3) is 0 Å². The van der Waals surface area contributed by atoms with Crippen LogP contribution in [0.3, 0.4) is 0 Å². The molecule has 0 aliphatic carbocycles. The lowest BCUT2D eigenvalue weighted by Crippen LogP contribution is -2.11. The highest BCUT2D eigenvalue weighted by Crippen LogP contribution is 2.26. The van der Waals surface area contributed by atoms with Crippen LogP contribution in [0.5, 0.6) is 5.75 Å². The molecule has 0 saturated heterocycles. The van der Waals surface area contributed by atoms with Gasteiger partial charge < -0.3 is 19.4 Å². The molecular weight excluding hydrogens is 350 g/mol. The van der Waals surface area contributed by atoms with Crippen LogP contribution >= 0.6 is 0 Å². The van der Waals surface area contributed by atoms with Crippen molar-refractivity contribution in [2.75, 3.05) is 25.6 Å². The van der Waals surface area contributed by atoms with Gasteiger partial charge in [0, 0.05) is 25.8 Å². The number of benzene rings is 2. The SMILES string of the molecule is CCOc1ccc(-c2cnc(NCc3ccc(CC)cc3)n2CCOC)cc1. The minimum atomic E-state index is 0.625. The van der Waals surface area contributed by atoms with Gasteiger partial charge in [-0.1, -0.05) is 31.2 Å². The highest BCUT2D eigenvalue weighted by molar-refractivity contribution is 5.62. The van der Waals surface area contributed by atoms with Crippen molar-refractivity contribution >= 4 is 5.95 Å². The van der Waals surface area contributed by atoms with E-state index in [1.54, 1.807) is 7.11 Å². The molecular formula is C23H29N3O2. The summed E-state index contributed by atoms with van der Waals surface area (Å²) in [6, 6.07) is 16.8. The summed E-state index contributed by atoms with van der Waals surface area (Å²) in [5, 5.41) is 3.47. The molecule has 1 N–H and O–H groups in total. The maximum atomic E-state index is 5.55. The molecule has 148 valence electrons. The molecule has 0 aliphatic heterocycles. The van der Waals surface area contributed by atoms with E-state index in [1.165, 1.54) is 11.1 Å². The van der Waals surface area contributed by atoms with E-state index in [1.807, 2.05) is 25.3 Å². The third-order valence-electron chi connectivity index (χ3n) is 4.72. The highest BCUT2D eigenvalue weighted by atomic mass is 16.5. The number of aryl methyl sites for hydroxylation is 1. The summed E-state index contributed by atoms with van der Waals surface area (Å²) in [4.78, 5) is 4.62. The van der Waals surface area contributed by atoms with Gasteiger partial charge >= 0.3 is 0 Å². The fraction of sp³-hybridized carbons (Fsp3) is 0.348. The Hall–Kier alpha value is -2.79. The molecule has 0 unspecified atom stereocenters. The lowest BCUT2D eigenvalue weighted by atomic mass is 10.1. The van der Waals surface area contributed by atoms with Crippen LogP contribution in [0.2, 0.25) is 0 Å². The van der Waals surface area contributed by atoms with Crippen LogP contribution in [0.15, 0.2) is 54.7 Å². The first kappa shape index (κ1) is 20.0. The number of aromatic nitrogens is 2. The highest BCUT2D eigenvalue weighted by Gasteiger charge is 2.12. The molecule has 0 spiro atoms. The first-order valence-electron chi connectivity index (χ1n) is 9.84. The zero-order chi connectivity index (χ0) is 19.8. The van der Waals surface area contributed by atoms with E-state index in [9.17, 15) is 0 Å². The summed E-state index contributed by atoms with van der Waals surface area (Å²) in [7, 11) is 1.72. The Morgan fingerprint density at radius 2 is 1.68 bits per heavy atom. The fourth-order valence-corrected chi connectivity index (χ4v) is 3.12. The van der Waals surface area contributed by atoms with Crippen LogP contribution in [0, 0.1) is 0 Å². The molecule has 5 nitrogen and oxygen atoms in total. The van der Waals surface area contributed by atoms with Crippen molar-refractivity contribution in [1.82, 2.24) is 9.55 Å². The van der Waals surface area contributed by atoms with Crippen LogP contribution < -0.4 is 10.1 Å². The maximum Gasteiger partial charge on any atom is 0.203 e. The number of hydrogen-bond donors (Lipinski definition) is 1. The van der Waals surface area contributed by atoms with Gasteiger partial charge in [0.15, 0.2) is 0 Å². The summed E-state index contributed by atoms with van der Waals surface area (Å²) in [5.41, 5.74) is 4.75. The molecule has 0 amide bonds. The Labute approximate surface area is 167 Å². The summed E-state index contributed by atoms with van der Waals surface area (Å²) in [6.07, 6.45) is 2.97. The summed E-state index contributed by atoms with van der Waals surface area (Å²) < 4.78 is 13.0. The lowest BCUT2D eigenvalue weighted by molar-refractivity contribution is 0.188. The van der Waals surface area contributed by atoms with Gasteiger partial charge in [0.1, 0.15) is 5.75 Å². The number of imidazole rings is 1. The molecule has 0 fully saturated rings. The van der Waals surface area contributed by atoms with Gasteiger partial charge in [-0.15, -0.1) is 0 Å². The maximum absolute atomic E-state index is 5.55. The van der Waals surface area contributed by atoms with Crippen LogP contribution in [-0.2, 0) is 24.2 Å². The molecule has 1 aromatic heterocycles. The second-order valence-electron chi connectivity index (χ2n) is 6.59. The van der Waals surface area contributed by atoms with Crippen molar-refractivity contribution in [3.05, 3.63) is 65.9 Å². The molecule has 2 aromatic carbocycles. The number of anilines is 1. The topological polar surface area (TPSA) is 48.3 Å². The number of nitrogens with zero attached hydrogens (tertiary/aromatic N) is 2. The van der Waals surface area contributed by atoms with Gasteiger partial charge in [-0.25, -0.2) is 4.98 Å². The third-order valence-corrected chi connectivity index (χ3v) is 4.72. The third kappa shape index (κ3) is 4.93. The van der Waals surface area contributed by atoms with Crippen molar-refractivity contribution in [3.63, 3.8) is 0 Å². The average molecular weight is 380 g/mol. The van der Waals surface area contributed by atoms with Crippen molar-refractivity contribution in [2.24, 2.45) is 0 Å². The molecule has 0 radical (unpaired) electrons. The van der Waals surface area contributed by atoms with Gasteiger partial charge in [0.05, 0.1) is 25.1 Å². The van der Waals surface area contributed by atoms with Gasteiger partial charge in [-0.2, -0.15) is 0 Å². The molecule has 0 aliphatic rings. The smallest absolute Gasteiger partial charge is 0.203 e. The molecule has 0 atom stereocenters. The Bertz CT molecular complexity index is 855. The second kappa shape index (κ2) is 9.95. The summed E-state index contributed by atoms with van der Waals surface area (Å²) in [5.74, 6) is 1.73. The first-order valence-corrected chi connectivity index (χ1v) is 9.84. The van der Waals surface area contributed by atoms with Crippen LogP contribution in [-0.4, -0.2) is 29.9 Å². The van der Waals surface area contributed by atoms with Crippen LogP contribution in [0.1, 0.15) is 25.0 Å². The molecule has 1 heterocycles. The fourth-order valence-electron chi connectivity index (χ4n) is 3.12. The van der Waals surface area contributed by atoms with E-state index in [4.69, 9.17) is 9.47 Å². The van der Waals surface area contributed by atoms with E-state index in [0.29, 0.717) is 13.2 Å². The van der Waals surface area contributed by atoms with Crippen LogP contribution in [0.4, 0.5) is 5.95 Å². The number of rotatable bonds is 10. The number of nitrogens with one attached hydrogen (secondary N) is 1. The minimum absolute atomic E-state index is 0.625. The van der Waals surface area contributed by atoms with Gasteiger partial charge in [-0.3, -0.25) is 0 Å². The Kier molecular flexibility index (Phi) is 7.09. The molecule has 0 saturated carbocycles. The molecule has 5 heteroatoms. The number of ether oxygens (including phenoxy) is 2. The minimum Gasteiger partial charge on any atom is -0.494 e. The lowest BCUT2D eigenvalue weighted by Gasteiger charge is -2.13. The van der Waals surface area contributed by atoms with E-state index in [0.717, 1.165) is 42.5 Å². The van der Waals surface area contributed by atoms with Crippen molar-refractivity contribution < 1.29 is 9.47 Å². The Morgan fingerprint density at radius 1 is 0.964 bits per heavy atom. The second-order valence-corrected chi connectivity index (χ2v) is 6.59. The summed E-state index contributed by atoms with van der Waals surface area (Å²) >= 11 is 0. The first-order chi connectivity index (χ1) is 13.7. The standard InChI is InChI=1S/C23H29N3O2/c1-4-18-6-8-19(9-7-18)16-24-23-25-17-22(26(23)14-15-27-3)20-10-12-21(13-11-20)28-5-2/h6-13,17H,4-5,14-16H2,1-3H3,(H,24,25). The Morgan fingerprint density at radius 3 is 2.32 bits per heavy atom. The van der Waals surface area contributed by atoms with E-state index < -0.39 is 0 Å². The van der Waals surface area contributed by atoms with Crippen molar-refractivity contribution in [1.29, 1.82) is 0 Å². The monoisotopic (exact) mass is 379 g/mol. The van der Waals surface area contributed by atoms with Crippen molar-refractivity contribution in [2.45, 2.75) is 33.4 Å². The normalized spacial score (nSPS) is 10.8. The van der Waals surface area contributed by atoms with Gasteiger partial charge in [-0.05, 0) is 48.7 Å². The number of hydrogen-bond acceptors (Lipinski definition) is 4. The Balaban J connectivity index is 1.78. The van der Waals surface area contributed by atoms with Crippen molar-refractivity contribution in [3.8, 4) is 17.0 Å². The quantitative estimate of drug-likeness (QED) is 0.551. The van der Waals surface area contributed by atoms with Crippen LogP contribution in [0.25, 0.3) is 11.3 Å². The molecule has 28 heavy (non-hydrogen) atoms. The number of methoxy groups -OCH3 is 1. The predicted octanol–water partition coefficient (Wildman–Crippen LogP) is 4.77.